The molecule has 1 saturated heterocycles. The third kappa shape index (κ3) is 6.05. The number of nitrogens with one attached hydrogen (secondary N) is 1. The molecule has 3 unspecified atom stereocenters. The number of rotatable bonds is 8. The molecule has 0 radical (unpaired) electrons. The molecule has 0 saturated carbocycles. The van der Waals surface area contributed by atoms with Crippen molar-refractivity contribution in [2.75, 3.05) is 11.9 Å². The van der Waals surface area contributed by atoms with Crippen molar-refractivity contribution in [3.05, 3.63) is 12.0 Å². The summed E-state index contributed by atoms with van der Waals surface area (Å²) in [7, 11) is -15.2. The fraction of sp³-hybridized carbons (Fsp3) is 0.636. The van der Waals surface area contributed by atoms with Gasteiger partial charge in [-0.15, -0.1) is 0 Å². The first-order valence-corrected chi connectivity index (χ1v) is 13.2. The minimum atomic E-state index is -5.72. The summed E-state index contributed by atoms with van der Waals surface area (Å²) in [6, 6.07) is 0. The number of aliphatic imine (C=N–C) groups is 1. The average Bonchev–Trinajstić information content (AvgIpc) is 3.07. The number of hydrogen-bond acceptors (Lipinski definition) is 13. The zero-order valence-corrected chi connectivity index (χ0v) is 19.1. The molecular formula is C11H21N5O14P3+. The number of aliphatic hydroxyl groups excluding tert-OH is 3. The Morgan fingerprint density at radius 1 is 1.15 bits per heavy atom. The van der Waals surface area contributed by atoms with Gasteiger partial charge in [0.15, 0.2) is 6.33 Å². The molecule has 33 heavy (non-hydrogen) atoms. The molecule has 0 amide bonds. The highest BCUT2D eigenvalue weighted by atomic mass is 31.3. The third-order valence-electron chi connectivity index (χ3n) is 4.36. The maximum Gasteiger partial charge on any atom is 0.490 e. The molecule has 10 N–H and O–H groups in total. The van der Waals surface area contributed by atoms with Gasteiger partial charge in [-0.2, -0.15) is 13.6 Å². The topological polar surface area (TPSA) is 289 Å². The minimum Gasteiger partial charge on any atom is -0.387 e. The van der Waals surface area contributed by atoms with Gasteiger partial charge in [-0.05, 0) is 0 Å². The second-order valence-electron chi connectivity index (χ2n) is 6.81. The van der Waals surface area contributed by atoms with Gasteiger partial charge in [0.05, 0.1) is 13.7 Å². The van der Waals surface area contributed by atoms with E-state index in [0.717, 1.165) is 0 Å². The number of guanidine groups is 1. The fourth-order valence-corrected chi connectivity index (χ4v) is 6.18. The fourth-order valence-electron chi connectivity index (χ4n) is 3.15. The van der Waals surface area contributed by atoms with Crippen LogP contribution in [-0.2, 0) is 38.6 Å². The summed E-state index contributed by atoms with van der Waals surface area (Å²) < 4.78 is 53.6. The lowest BCUT2D eigenvalue weighted by Gasteiger charge is -2.19. The number of anilines is 1. The first-order chi connectivity index (χ1) is 15.0. The largest absolute Gasteiger partial charge is 0.490 e. The predicted octanol–water partition coefficient (Wildman–Crippen LogP) is -2.99. The smallest absolute Gasteiger partial charge is 0.387 e. The number of nitrogens with two attached hydrogens (primary N) is 1. The van der Waals surface area contributed by atoms with Gasteiger partial charge in [-0.25, -0.2) is 23.6 Å². The van der Waals surface area contributed by atoms with Gasteiger partial charge in [0, 0.05) is 0 Å². The lowest BCUT2D eigenvalue weighted by Crippen LogP contribution is -2.48. The Kier molecular flexibility index (Phi) is 7.24. The van der Waals surface area contributed by atoms with Gasteiger partial charge in [-0.3, -0.25) is 9.09 Å². The number of aryl methyl sites for hydroxylation is 1. The molecule has 188 valence electrons. The van der Waals surface area contributed by atoms with Gasteiger partial charge in [-0.1, -0.05) is 0 Å². The molecule has 0 aromatic carbocycles. The average molecular weight is 540 g/mol. The first-order valence-electron chi connectivity index (χ1n) is 8.68. The van der Waals surface area contributed by atoms with Crippen molar-refractivity contribution in [1.82, 2.24) is 4.57 Å². The molecule has 0 aliphatic carbocycles. The highest BCUT2D eigenvalue weighted by Gasteiger charge is 2.49. The number of hydrogen-bond donors (Lipinski definition) is 9. The summed E-state index contributed by atoms with van der Waals surface area (Å²) in [5.74, 6) is 0.0227. The van der Waals surface area contributed by atoms with Crippen LogP contribution in [-0.4, -0.2) is 70.3 Å². The van der Waals surface area contributed by atoms with E-state index in [1.165, 1.54) is 15.5 Å². The van der Waals surface area contributed by atoms with E-state index in [1.54, 1.807) is 7.05 Å². The molecule has 1 aromatic rings. The van der Waals surface area contributed by atoms with Crippen LogP contribution in [0.15, 0.2) is 11.3 Å². The Bertz CT molecular complexity index is 1090. The Labute approximate surface area is 184 Å². The number of ether oxygens (including phenoxy) is 1. The van der Waals surface area contributed by atoms with Crippen LogP contribution < -0.4 is 15.6 Å². The molecule has 0 bridgehead atoms. The number of aromatic nitrogens is 2. The van der Waals surface area contributed by atoms with Crippen LogP contribution in [0, 0.1) is 0 Å². The zero-order valence-electron chi connectivity index (χ0n) is 16.4. The van der Waals surface area contributed by atoms with Gasteiger partial charge >= 0.3 is 23.5 Å². The molecule has 1 aromatic heterocycles. The quantitative estimate of drug-likeness (QED) is 0.117. The van der Waals surface area contributed by atoms with E-state index in [0.29, 0.717) is 0 Å². The van der Waals surface area contributed by atoms with Crippen LogP contribution in [0.5, 0.6) is 0 Å². The number of phosphoric acid groups is 3. The minimum absolute atomic E-state index is 0.146. The molecule has 3 rings (SSSR count). The molecular weight excluding hydrogens is 519 g/mol. The van der Waals surface area contributed by atoms with Crippen LogP contribution in [0.4, 0.5) is 5.82 Å². The van der Waals surface area contributed by atoms with Gasteiger partial charge in [0.2, 0.25) is 18.1 Å². The molecule has 1 fully saturated rings. The van der Waals surface area contributed by atoms with Crippen LogP contribution in [0.1, 0.15) is 18.1 Å². The van der Waals surface area contributed by atoms with E-state index < -0.39 is 60.8 Å². The van der Waals surface area contributed by atoms with Crippen molar-refractivity contribution in [3.63, 3.8) is 0 Å². The van der Waals surface area contributed by atoms with Gasteiger partial charge < -0.3 is 45.4 Å². The van der Waals surface area contributed by atoms with Crippen molar-refractivity contribution in [1.29, 1.82) is 0 Å². The van der Waals surface area contributed by atoms with E-state index in [4.69, 9.17) is 25.2 Å². The second-order valence-corrected chi connectivity index (χ2v) is 11.2. The molecule has 19 nitrogen and oxygen atoms in total. The monoisotopic (exact) mass is 540 g/mol. The summed E-state index contributed by atoms with van der Waals surface area (Å²) in [5.41, 5.74) is 5.84. The second kappa shape index (κ2) is 9.07. The summed E-state index contributed by atoms with van der Waals surface area (Å²) in [6.07, 6.45) is -6.11. The summed E-state index contributed by atoms with van der Waals surface area (Å²) in [4.78, 5) is 39.5. The number of aliphatic hydroxyl groups is 3. The van der Waals surface area contributed by atoms with Crippen LogP contribution >= 0.6 is 23.5 Å². The molecule has 22 heteroatoms. The van der Waals surface area contributed by atoms with Crippen molar-refractivity contribution in [3.8, 4) is 0 Å². The van der Waals surface area contributed by atoms with Crippen LogP contribution in [0.25, 0.3) is 0 Å². The number of phosphoric ester groups is 1. The van der Waals surface area contributed by atoms with Gasteiger partial charge in [0.25, 0.3) is 11.8 Å². The standard InChI is InChI=1S/C11H20N5O14P3/c1-15-3-16(8-5(15)9(19)14-11(12)13-8)10-7(18)6(17)4(28-10)2-27-32(23,24)30-33(25,26)29-31(20,21)22/h3-4,6-7,9-10,17-19H,2H2,1H3,(H6-,12,13,14,20,21,22,23,24,25,26)/p+1/t4-,6-,7-,9?,10-/m1/s1. The van der Waals surface area contributed by atoms with Crippen molar-refractivity contribution < 1.29 is 71.0 Å². The Balaban J connectivity index is 1.71. The van der Waals surface area contributed by atoms with E-state index in [9.17, 15) is 33.9 Å². The highest BCUT2D eigenvalue weighted by Crippen LogP contribution is 2.66. The lowest BCUT2D eigenvalue weighted by molar-refractivity contribution is -0.753. The van der Waals surface area contributed by atoms with Crippen molar-refractivity contribution in [2.24, 2.45) is 17.8 Å². The van der Waals surface area contributed by atoms with Crippen molar-refractivity contribution in [2.45, 2.75) is 30.8 Å². The van der Waals surface area contributed by atoms with Crippen LogP contribution in [0.3, 0.4) is 0 Å². The predicted molar refractivity (Wildman–Crippen MR) is 102 cm³/mol. The molecule has 7 atom stereocenters. The molecule has 3 heterocycles. The normalized spacial score (nSPS) is 31.3. The zero-order chi connectivity index (χ0) is 24.9. The highest BCUT2D eigenvalue weighted by molar-refractivity contribution is 7.66. The third-order valence-corrected chi connectivity index (χ3v) is 8.16. The number of imidazole rings is 1. The maximum absolute atomic E-state index is 11.9. The summed E-state index contributed by atoms with van der Waals surface area (Å²) in [5, 5.41) is 33.4. The van der Waals surface area contributed by atoms with Crippen molar-refractivity contribution >= 4 is 35.2 Å². The van der Waals surface area contributed by atoms with E-state index in [1.807, 2.05) is 0 Å². The SMILES string of the molecule is Cn1c[n+]([C@@H]2O[C@H](COP(=O)(O)OP(=O)(O)OP(=O)(O)O)[C@@H](O)[C@H]2O)c2c1C(O)N=C(N)N2. The maximum atomic E-state index is 11.9. The number of nitrogens with zero attached hydrogens (tertiary/aromatic N) is 3. The molecule has 0 spiro atoms. The Hall–Kier alpha value is -1.27. The summed E-state index contributed by atoms with van der Waals surface area (Å²) in [6.45, 7) is -0.979. The lowest BCUT2D eigenvalue weighted by atomic mass is 10.1. The number of fused-ring (bicyclic) bond motifs is 1. The van der Waals surface area contributed by atoms with E-state index in [2.05, 4.69) is 23.5 Å². The van der Waals surface area contributed by atoms with E-state index in [-0.39, 0.29) is 17.5 Å². The van der Waals surface area contributed by atoms with Crippen LogP contribution in [0.2, 0.25) is 0 Å². The summed E-state index contributed by atoms with van der Waals surface area (Å²) >= 11 is 0. The Morgan fingerprint density at radius 2 is 1.79 bits per heavy atom. The Morgan fingerprint density at radius 3 is 2.39 bits per heavy atom. The molecule has 2 aliphatic rings. The molecule has 2 aliphatic heterocycles. The van der Waals surface area contributed by atoms with Gasteiger partial charge in [0.1, 0.15) is 18.3 Å². The van der Waals surface area contributed by atoms with E-state index >= 15 is 0 Å². The first kappa shape index (κ1) is 26.3.